The molecule has 0 N–H and O–H groups in total. The van der Waals surface area contributed by atoms with Crippen LogP contribution in [0.4, 0.5) is 0 Å². The zero-order valence-corrected chi connectivity index (χ0v) is 9.93. The van der Waals surface area contributed by atoms with Crippen molar-refractivity contribution in [3.63, 3.8) is 0 Å². The number of fused-ring (bicyclic) bond motifs is 3. The highest BCUT2D eigenvalue weighted by atomic mass is 14.2. The van der Waals surface area contributed by atoms with Gasteiger partial charge in [0.15, 0.2) is 0 Å². The summed E-state index contributed by atoms with van der Waals surface area (Å²) < 4.78 is 0. The molecule has 3 aliphatic rings. The average molecular weight is 228 g/mol. The van der Waals surface area contributed by atoms with Crippen molar-refractivity contribution >= 4 is 24.3 Å². The van der Waals surface area contributed by atoms with Crippen molar-refractivity contribution in [3.05, 3.63) is 69.5 Å². The van der Waals surface area contributed by atoms with Gasteiger partial charge in [-0.2, -0.15) is 0 Å². The van der Waals surface area contributed by atoms with Crippen LogP contribution >= 0.6 is 0 Å². The van der Waals surface area contributed by atoms with Crippen molar-refractivity contribution in [2.24, 2.45) is 11.8 Å². The van der Waals surface area contributed by atoms with E-state index in [1.54, 1.807) is 0 Å². The predicted octanol–water partition coefficient (Wildman–Crippen LogP) is 2.41. The van der Waals surface area contributed by atoms with Crippen molar-refractivity contribution in [2.45, 2.75) is 0 Å². The van der Waals surface area contributed by atoms with Crippen LogP contribution in [0.5, 0.6) is 0 Å². The first-order chi connectivity index (χ1) is 8.90. The lowest BCUT2D eigenvalue weighted by molar-refractivity contribution is 0.723. The van der Waals surface area contributed by atoms with Gasteiger partial charge in [-0.1, -0.05) is 47.9 Å². The summed E-state index contributed by atoms with van der Waals surface area (Å²) in [5.41, 5.74) is 8.53. The molecule has 2 unspecified atom stereocenters. The Labute approximate surface area is 106 Å². The Hall–Kier alpha value is -2.26. The highest BCUT2D eigenvalue weighted by Crippen LogP contribution is 2.24. The fourth-order valence-electron chi connectivity index (χ4n) is 2.84. The number of hydrogen-bond acceptors (Lipinski definition) is 0. The molecule has 3 aliphatic carbocycles. The maximum absolute atomic E-state index is 3.02. The second-order valence-corrected chi connectivity index (χ2v) is 4.95. The molecule has 0 heteroatoms. The normalized spacial score (nSPS) is 24.9. The lowest BCUT2D eigenvalue weighted by atomic mass is 9.83. The third-order valence-corrected chi connectivity index (χ3v) is 3.79. The Morgan fingerprint density at radius 2 is 1.22 bits per heavy atom. The van der Waals surface area contributed by atoms with Gasteiger partial charge in [-0.25, -0.2) is 0 Å². The van der Waals surface area contributed by atoms with Gasteiger partial charge in [-0.15, -0.1) is 0 Å². The molecule has 0 aromatic heterocycles. The molecule has 0 saturated heterocycles. The van der Waals surface area contributed by atoms with Gasteiger partial charge in [0.1, 0.15) is 0 Å². The predicted molar refractivity (Wildman–Crippen MR) is 75.8 cm³/mol. The fourth-order valence-corrected chi connectivity index (χ4v) is 2.84. The van der Waals surface area contributed by atoms with Crippen LogP contribution in [0.25, 0.3) is 24.3 Å². The summed E-state index contributed by atoms with van der Waals surface area (Å²) in [7, 11) is 0. The van der Waals surface area contributed by atoms with Crippen LogP contribution < -0.4 is 10.4 Å². The van der Waals surface area contributed by atoms with Crippen LogP contribution in [0.2, 0.25) is 0 Å². The molecular formula is C18H12. The van der Waals surface area contributed by atoms with Crippen molar-refractivity contribution in [3.8, 4) is 0 Å². The van der Waals surface area contributed by atoms with Crippen molar-refractivity contribution < 1.29 is 0 Å². The summed E-state index contributed by atoms with van der Waals surface area (Å²) in [6, 6.07) is 4.52. The lowest BCUT2D eigenvalue weighted by Crippen LogP contribution is -2.33. The van der Waals surface area contributed by atoms with Crippen LogP contribution in [-0.2, 0) is 0 Å². The molecule has 18 heavy (non-hydrogen) atoms. The first kappa shape index (κ1) is 9.74. The lowest BCUT2D eigenvalue weighted by Gasteiger charge is -2.21. The second-order valence-electron chi connectivity index (χ2n) is 4.95. The van der Waals surface area contributed by atoms with Crippen LogP contribution in [0.1, 0.15) is 11.1 Å². The monoisotopic (exact) mass is 228 g/mol. The first-order valence-corrected chi connectivity index (χ1v) is 6.30. The maximum Gasteiger partial charge on any atom is 0.00569 e. The van der Waals surface area contributed by atoms with Crippen molar-refractivity contribution in [1.29, 1.82) is 0 Å². The number of benzene rings is 1. The minimum Gasteiger partial charge on any atom is -0.0767 e. The summed E-state index contributed by atoms with van der Waals surface area (Å²) in [4.78, 5) is 0. The molecule has 0 saturated carbocycles. The van der Waals surface area contributed by atoms with E-state index >= 15 is 0 Å². The van der Waals surface area contributed by atoms with Crippen molar-refractivity contribution in [1.82, 2.24) is 0 Å². The Bertz CT molecular complexity index is 733. The van der Waals surface area contributed by atoms with Crippen LogP contribution in [0, 0.1) is 11.8 Å². The molecule has 0 heterocycles. The van der Waals surface area contributed by atoms with Gasteiger partial charge < -0.3 is 0 Å². The minimum absolute atomic E-state index is 0.513. The summed E-state index contributed by atoms with van der Waals surface area (Å²) in [5.74, 6) is 1.03. The van der Waals surface area contributed by atoms with Gasteiger partial charge in [-0.3, -0.25) is 0 Å². The van der Waals surface area contributed by atoms with E-state index in [0.717, 1.165) is 0 Å². The summed E-state index contributed by atoms with van der Waals surface area (Å²) in [6.45, 7) is 0. The topological polar surface area (TPSA) is 0 Å². The summed E-state index contributed by atoms with van der Waals surface area (Å²) >= 11 is 0. The Balaban J connectivity index is 2.00. The van der Waals surface area contributed by atoms with E-state index in [-0.39, 0.29) is 0 Å². The minimum atomic E-state index is 0.513. The average Bonchev–Trinajstić information content (AvgIpc) is 2.42. The second kappa shape index (κ2) is 3.62. The quantitative estimate of drug-likeness (QED) is 0.607. The van der Waals surface area contributed by atoms with Crippen molar-refractivity contribution in [2.75, 3.05) is 0 Å². The van der Waals surface area contributed by atoms with Gasteiger partial charge in [0, 0.05) is 11.8 Å². The standard InChI is InChI=1S/C18H12/c1-2-6-14-10-18-12-16-8-4-3-7-15(16)11-17(18)9-13(14)5-1/h1-2,5-14H. The largest absolute Gasteiger partial charge is 0.0767 e. The van der Waals surface area contributed by atoms with E-state index in [1.807, 2.05) is 12.2 Å². The SMILES string of the molecule is C1=C=Cc2cc3c(cc2C=1)=CC1C=CC=CC1C=3. The smallest absolute Gasteiger partial charge is 0.00569 e. The number of allylic oxidation sites excluding steroid dienone is 4. The molecule has 0 nitrogen and oxygen atoms in total. The fraction of sp³-hybridized carbons (Fsp3) is 0.111. The molecule has 2 atom stereocenters. The molecule has 0 spiro atoms. The van der Waals surface area contributed by atoms with E-state index in [2.05, 4.69) is 60.1 Å². The molecule has 1 aromatic carbocycles. The van der Waals surface area contributed by atoms with E-state index in [0.29, 0.717) is 11.8 Å². The van der Waals surface area contributed by atoms with Gasteiger partial charge in [0.25, 0.3) is 0 Å². The third kappa shape index (κ3) is 1.41. The molecule has 1 aromatic rings. The van der Waals surface area contributed by atoms with Crippen LogP contribution in [-0.4, -0.2) is 0 Å². The van der Waals surface area contributed by atoms with Gasteiger partial charge >= 0.3 is 0 Å². The molecule has 4 rings (SSSR count). The van der Waals surface area contributed by atoms with E-state index in [4.69, 9.17) is 0 Å². The van der Waals surface area contributed by atoms with Crippen LogP contribution in [0.15, 0.2) is 47.9 Å². The number of rotatable bonds is 0. The first-order valence-electron chi connectivity index (χ1n) is 6.30. The van der Waals surface area contributed by atoms with Gasteiger partial charge in [0.05, 0.1) is 0 Å². The Morgan fingerprint density at radius 1 is 0.722 bits per heavy atom. The van der Waals surface area contributed by atoms with Gasteiger partial charge in [-0.05, 0) is 45.8 Å². The van der Waals surface area contributed by atoms with E-state index in [9.17, 15) is 0 Å². The van der Waals surface area contributed by atoms with Gasteiger partial charge in [0.2, 0.25) is 0 Å². The molecule has 0 aliphatic heterocycles. The highest BCUT2D eigenvalue weighted by molar-refractivity contribution is 5.69. The number of hydrogen-bond donors (Lipinski definition) is 0. The summed E-state index contributed by atoms with van der Waals surface area (Å²) in [5, 5.41) is 2.67. The molecular weight excluding hydrogens is 216 g/mol. The van der Waals surface area contributed by atoms with E-state index in [1.165, 1.54) is 21.6 Å². The Morgan fingerprint density at radius 3 is 1.72 bits per heavy atom. The molecule has 0 fully saturated rings. The van der Waals surface area contributed by atoms with Crippen LogP contribution in [0.3, 0.4) is 0 Å². The third-order valence-electron chi connectivity index (χ3n) is 3.79. The molecule has 84 valence electrons. The maximum atomic E-state index is 3.02. The molecule has 0 amide bonds. The summed E-state index contributed by atoms with van der Waals surface area (Å²) in [6.07, 6.45) is 17.6. The molecule has 0 bridgehead atoms. The zero-order chi connectivity index (χ0) is 11.9. The van der Waals surface area contributed by atoms with E-state index < -0.39 is 0 Å². The zero-order valence-electron chi connectivity index (χ0n) is 9.93. The highest BCUT2D eigenvalue weighted by Gasteiger charge is 2.17. The Kier molecular flexibility index (Phi) is 1.96. The molecule has 0 radical (unpaired) electrons.